The van der Waals surface area contributed by atoms with Crippen LogP contribution >= 0.6 is 11.6 Å². The van der Waals surface area contributed by atoms with E-state index in [2.05, 4.69) is 43.2 Å². The Kier molecular flexibility index (Phi) is 6.60. The number of alkyl halides is 1. The van der Waals surface area contributed by atoms with Gasteiger partial charge in [0.15, 0.2) is 0 Å². The molecule has 0 atom stereocenters. The van der Waals surface area contributed by atoms with Gasteiger partial charge in [0.2, 0.25) is 0 Å². The minimum absolute atomic E-state index is 0.442. The van der Waals surface area contributed by atoms with Crippen molar-refractivity contribution in [3.8, 4) is 0 Å². The van der Waals surface area contributed by atoms with Gasteiger partial charge in [0.1, 0.15) is 0 Å². The molecule has 3 nitrogen and oxygen atoms in total. The molecule has 0 N–H and O–H groups in total. The molecule has 98 valence electrons. The lowest BCUT2D eigenvalue weighted by Gasteiger charge is -2.14. The summed E-state index contributed by atoms with van der Waals surface area (Å²) in [5.41, 5.74) is 1.15. The highest BCUT2D eigenvalue weighted by molar-refractivity contribution is 6.17. The largest absolute Gasteiger partial charge is 0.300 e. The van der Waals surface area contributed by atoms with Gasteiger partial charge in [0.25, 0.3) is 0 Å². The minimum atomic E-state index is 0.442. The van der Waals surface area contributed by atoms with Crippen molar-refractivity contribution in [3.63, 3.8) is 0 Å². The van der Waals surface area contributed by atoms with Gasteiger partial charge < -0.3 is 4.90 Å². The first kappa shape index (κ1) is 14.5. The van der Waals surface area contributed by atoms with Crippen molar-refractivity contribution in [2.45, 2.75) is 45.7 Å². The first-order valence-corrected chi connectivity index (χ1v) is 6.95. The summed E-state index contributed by atoms with van der Waals surface area (Å²) in [6, 6.07) is 2.55. The van der Waals surface area contributed by atoms with Crippen LogP contribution in [0.15, 0.2) is 12.3 Å². The molecule has 0 saturated heterocycles. The van der Waals surface area contributed by atoms with Crippen LogP contribution in [-0.4, -0.2) is 34.2 Å². The quantitative estimate of drug-likeness (QED) is 0.526. The van der Waals surface area contributed by atoms with E-state index in [0.29, 0.717) is 6.04 Å². The van der Waals surface area contributed by atoms with E-state index >= 15 is 0 Å². The van der Waals surface area contributed by atoms with Crippen LogP contribution in [0.1, 0.15) is 44.8 Å². The molecule has 0 unspecified atom stereocenters. The van der Waals surface area contributed by atoms with E-state index in [9.17, 15) is 0 Å². The summed E-state index contributed by atoms with van der Waals surface area (Å²) < 4.78 is 2.01. The fourth-order valence-corrected chi connectivity index (χ4v) is 1.95. The Morgan fingerprint density at radius 2 is 2.12 bits per heavy atom. The summed E-state index contributed by atoms with van der Waals surface area (Å²) in [5.74, 6) is 0.780. The van der Waals surface area contributed by atoms with Crippen LogP contribution in [0.2, 0.25) is 0 Å². The number of halogens is 1. The fourth-order valence-electron chi connectivity index (χ4n) is 1.76. The predicted molar refractivity (Wildman–Crippen MR) is 73.5 cm³/mol. The normalized spacial score (nSPS) is 11.6. The molecule has 4 heteroatoms. The van der Waals surface area contributed by atoms with Gasteiger partial charge in [-0.15, -0.1) is 11.6 Å². The Labute approximate surface area is 110 Å². The van der Waals surface area contributed by atoms with E-state index < -0.39 is 0 Å². The molecule has 0 radical (unpaired) electrons. The van der Waals surface area contributed by atoms with Crippen molar-refractivity contribution in [2.75, 3.05) is 19.5 Å². The van der Waals surface area contributed by atoms with Crippen molar-refractivity contribution in [2.24, 2.45) is 0 Å². The van der Waals surface area contributed by atoms with Crippen LogP contribution in [0.25, 0.3) is 0 Å². The molecule has 0 aliphatic carbocycles. The van der Waals surface area contributed by atoms with Crippen LogP contribution in [0.5, 0.6) is 0 Å². The highest BCUT2D eigenvalue weighted by Crippen LogP contribution is 2.07. The van der Waals surface area contributed by atoms with E-state index in [1.54, 1.807) is 0 Å². The molecule has 0 aliphatic heterocycles. The van der Waals surface area contributed by atoms with Gasteiger partial charge in [-0.2, -0.15) is 5.10 Å². The summed E-state index contributed by atoms with van der Waals surface area (Å²) in [4.78, 5) is 2.32. The Morgan fingerprint density at radius 3 is 2.71 bits per heavy atom. The molecule has 0 saturated carbocycles. The lowest BCUT2D eigenvalue weighted by atomic mass is 10.2. The maximum Gasteiger partial charge on any atom is 0.0764 e. The van der Waals surface area contributed by atoms with Crippen LogP contribution in [0.4, 0.5) is 0 Å². The highest BCUT2D eigenvalue weighted by Gasteiger charge is 2.05. The number of hydrogen-bond donors (Lipinski definition) is 0. The van der Waals surface area contributed by atoms with Crippen LogP contribution < -0.4 is 0 Å². The third kappa shape index (κ3) is 5.55. The van der Waals surface area contributed by atoms with Gasteiger partial charge in [0.05, 0.1) is 5.69 Å². The topological polar surface area (TPSA) is 21.1 Å². The second kappa shape index (κ2) is 7.72. The molecular weight excluding hydrogens is 234 g/mol. The Hall–Kier alpha value is -0.540. The summed E-state index contributed by atoms with van der Waals surface area (Å²) in [6.45, 7) is 6.34. The highest BCUT2D eigenvalue weighted by atomic mass is 35.5. The number of hydrogen-bond acceptors (Lipinski definition) is 2. The SMILES string of the molecule is CC(C)n1ccc(CN(C)CCCCCCl)n1. The molecule has 0 bridgehead atoms. The zero-order valence-electron chi connectivity index (χ0n) is 11.2. The second-order valence-corrected chi connectivity index (χ2v) is 5.25. The molecule has 0 spiro atoms. The lowest BCUT2D eigenvalue weighted by molar-refractivity contribution is 0.312. The first-order chi connectivity index (χ1) is 8.13. The van der Waals surface area contributed by atoms with E-state index in [4.69, 9.17) is 11.6 Å². The molecule has 0 aliphatic rings. The fraction of sp³-hybridized carbons (Fsp3) is 0.769. The number of rotatable bonds is 8. The average molecular weight is 258 g/mol. The zero-order valence-corrected chi connectivity index (χ0v) is 12.0. The summed E-state index contributed by atoms with van der Waals surface area (Å²) in [5, 5.41) is 4.55. The molecule has 0 amide bonds. The molecule has 0 aromatic carbocycles. The number of nitrogens with zero attached hydrogens (tertiary/aromatic N) is 3. The van der Waals surface area contributed by atoms with Crippen molar-refractivity contribution < 1.29 is 0 Å². The average Bonchev–Trinajstić information content (AvgIpc) is 2.73. The van der Waals surface area contributed by atoms with Crippen molar-refractivity contribution in [1.29, 1.82) is 0 Å². The Balaban J connectivity index is 2.27. The zero-order chi connectivity index (χ0) is 12.7. The summed E-state index contributed by atoms with van der Waals surface area (Å²) in [6.07, 6.45) is 5.61. The van der Waals surface area contributed by atoms with Gasteiger partial charge >= 0.3 is 0 Å². The molecule has 1 heterocycles. The lowest BCUT2D eigenvalue weighted by Crippen LogP contribution is -2.19. The first-order valence-electron chi connectivity index (χ1n) is 6.42. The van der Waals surface area contributed by atoms with Gasteiger partial charge in [-0.05, 0) is 46.3 Å². The van der Waals surface area contributed by atoms with E-state index in [1.165, 1.54) is 12.8 Å². The second-order valence-electron chi connectivity index (χ2n) is 4.87. The Bertz CT molecular complexity index is 309. The smallest absolute Gasteiger partial charge is 0.0764 e. The third-order valence-corrected chi connectivity index (χ3v) is 3.07. The molecule has 1 aromatic heterocycles. The Morgan fingerprint density at radius 1 is 1.35 bits per heavy atom. The molecule has 1 aromatic rings. The molecular formula is C13H24ClN3. The maximum atomic E-state index is 5.65. The minimum Gasteiger partial charge on any atom is -0.300 e. The van der Waals surface area contributed by atoms with Gasteiger partial charge in [-0.25, -0.2) is 0 Å². The standard InChI is InChI=1S/C13H24ClN3/c1-12(2)17-10-7-13(15-17)11-16(3)9-6-4-5-8-14/h7,10,12H,4-6,8-9,11H2,1-3H3. The maximum absolute atomic E-state index is 5.65. The summed E-state index contributed by atoms with van der Waals surface area (Å²) >= 11 is 5.65. The van der Waals surface area contributed by atoms with Gasteiger partial charge in [-0.1, -0.05) is 6.42 Å². The van der Waals surface area contributed by atoms with Crippen molar-refractivity contribution in [3.05, 3.63) is 18.0 Å². The molecule has 17 heavy (non-hydrogen) atoms. The third-order valence-electron chi connectivity index (χ3n) is 2.80. The number of aromatic nitrogens is 2. The molecule has 1 rings (SSSR count). The monoisotopic (exact) mass is 257 g/mol. The predicted octanol–water partition coefficient (Wildman–Crippen LogP) is 3.30. The van der Waals surface area contributed by atoms with E-state index in [0.717, 1.165) is 31.1 Å². The summed E-state index contributed by atoms with van der Waals surface area (Å²) in [7, 11) is 2.15. The van der Waals surface area contributed by atoms with Crippen LogP contribution in [0.3, 0.4) is 0 Å². The van der Waals surface area contributed by atoms with E-state index in [-0.39, 0.29) is 0 Å². The van der Waals surface area contributed by atoms with E-state index in [1.807, 2.05) is 4.68 Å². The van der Waals surface area contributed by atoms with Crippen molar-refractivity contribution in [1.82, 2.24) is 14.7 Å². The van der Waals surface area contributed by atoms with Crippen molar-refractivity contribution >= 4 is 11.6 Å². The van der Waals surface area contributed by atoms with Crippen LogP contribution in [-0.2, 0) is 6.54 Å². The van der Waals surface area contributed by atoms with Gasteiger partial charge in [-0.3, -0.25) is 4.68 Å². The molecule has 0 fully saturated rings. The van der Waals surface area contributed by atoms with Crippen LogP contribution in [0, 0.1) is 0 Å². The number of unbranched alkanes of at least 4 members (excludes halogenated alkanes) is 2. The van der Waals surface area contributed by atoms with Gasteiger partial charge in [0, 0.05) is 24.7 Å².